The summed E-state index contributed by atoms with van der Waals surface area (Å²) in [5, 5.41) is 5.73. The van der Waals surface area contributed by atoms with E-state index < -0.39 is 18.0 Å². The van der Waals surface area contributed by atoms with Crippen molar-refractivity contribution in [3.05, 3.63) is 81.5 Å². The number of fused-ring (bicyclic) bond motifs is 1. The van der Waals surface area contributed by atoms with Gasteiger partial charge < -0.3 is 10.6 Å². The van der Waals surface area contributed by atoms with Crippen molar-refractivity contribution >= 4 is 40.4 Å². The lowest BCUT2D eigenvalue weighted by Crippen LogP contribution is -2.39. The lowest BCUT2D eigenvalue weighted by atomic mass is 9.85. The molecule has 10 nitrogen and oxygen atoms in total. The zero-order valence-electron chi connectivity index (χ0n) is 22.5. The van der Waals surface area contributed by atoms with Crippen LogP contribution < -0.4 is 21.2 Å². The van der Waals surface area contributed by atoms with Crippen molar-refractivity contribution in [3.63, 3.8) is 0 Å². The van der Waals surface area contributed by atoms with Gasteiger partial charge >= 0.3 is 11.7 Å². The number of aromatic nitrogens is 4. The quantitative estimate of drug-likeness (QED) is 0.322. The molecule has 6 rings (SSSR count). The van der Waals surface area contributed by atoms with E-state index in [1.165, 1.54) is 6.07 Å². The van der Waals surface area contributed by atoms with E-state index in [-0.39, 0.29) is 34.3 Å². The van der Waals surface area contributed by atoms with Gasteiger partial charge in [0.2, 0.25) is 0 Å². The molecule has 3 aromatic heterocycles. The first-order valence-corrected chi connectivity index (χ1v) is 14.2. The molecule has 1 saturated carbocycles. The molecule has 0 bridgehead atoms. The number of imidazole rings is 1. The molecule has 1 aliphatic heterocycles. The van der Waals surface area contributed by atoms with Crippen LogP contribution >= 0.6 is 11.6 Å². The van der Waals surface area contributed by atoms with E-state index in [0.29, 0.717) is 49.6 Å². The largest absolute Gasteiger partial charge is 0.349 e. The Balaban J connectivity index is 1.18. The molecular formula is C29H28ClF2N7O3. The number of para-hydroxylation sites is 2. The number of halogens is 3. The van der Waals surface area contributed by atoms with Gasteiger partial charge in [0.1, 0.15) is 17.3 Å². The van der Waals surface area contributed by atoms with Crippen LogP contribution in [0.4, 0.5) is 19.4 Å². The van der Waals surface area contributed by atoms with Crippen molar-refractivity contribution in [1.82, 2.24) is 29.7 Å². The summed E-state index contributed by atoms with van der Waals surface area (Å²) >= 11 is 5.90. The molecule has 0 atom stereocenters. The lowest BCUT2D eigenvalue weighted by molar-refractivity contribution is 0.0904. The maximum atomic E-state index is 13.8. The van der Waals surface area contributed by atoms with Crippen molar-refractivity contribution < 1.29 is 18.4 Å². The number of rotatable bonds is 7. The number of anilines is 1. The van der Waals surface area contributed by atoms with Crippen LogP contribution in [-0.2, 0) is 6.54 Å². The summed E-state index contributed by atoms with van der Waals surface area (Å²) in [7, 11) is 0. The normalized spacial score (nSPS) is 19.0. The summed E-state index contributed by atoms with van der Waals surface area (Å²) in [6, 6.07) is 13.6. The SMILES string of the molecule is O=C(N[C@H]1CC[C@H](Cn2c(=O)n(-c3cccc(N4CCNC4=O)n3)c3ccccc32)CC1)c1cc(Cl)cnc1C(F)F. The zero-order valence-corrected chi connectivity index (χ0v) is 23.2. The van der Waals surface area contributed by atoms with E-state index in [1.54, 1.807) is 32.2 Å². The Morgan fingerprint density at radius 1 is 1.05 bits per heavy atom. The maximum Gasteiger partial charge on any atom is 0.334 e. The smallest absolute Gasteiger partial charge is 0.334 e. The van der Waals surface area contributed by atoms with Gasteiger partial charge in [0.05, 0.1) is 21.6 Å². The number of amides is 3. The number of nitrogens with zero attached hydrogens (tertiary/aromatic N) is 5. The van der Waals surface area contributed by atoms with E-state index in [1.807, 2.05) is 24.3 Å². The molecule has 3 amide bonds. The summed E-state index contributed by atoms with van der Waals surface area (Å²) in [5.74, 6) is 0.453. The van der Waals surface area contributed by atoms with Crippen LogP contribution in [0.2, 0.25) is 5.02 Å². The van der Waals surface area contributed by atoms with E-state index in [9.17, 15) is 23.2 Å². The Labute approximate surface area is 244 Å². The topological polar surface area (TPSA) is 114 Å². The highest BCUT2D eigenvalue weighted by atomic mass is 35.5. The second kappa shape index (κ2) is 11.5. The zero-order chi connectivity index (χ0) is 29.4. The average Bonchev–Trinajstić information content (AvgIpc) is 3.54. The highest BCUT2D eigenvalue weighted by Gasteiger charge is 2.28. The Morgan fingerprint density at radius 2 is 1.79 bits per heavy atom. The fourth-order valence-electron chi connectivity index (χ4n) is 5.80. The molecule has 4 heterocycles. The molecule has 0 spiro atoms. The minimum absolute atomic E-state index is 0.112. The molecule has 2 N–H and O–H groups in total. The number of carbonyl (C=O) groups excluding carboxylic acids is 2. The Bertz CT molecular complexity index is 1720. The summed E-state index contributed by atoms with van der Waals surface area (Å²) in [6.07, 6.45) is 0.973. The molecule has 1 saturated heterocycles. The summed E-state index contributed by atoms with van der Waals surface area (Å²) in [5.41, 5.74) is 0.447. The number of benzene rings is 1. The van der Waals surface area contributed by atoms with Crippen molar-refractivity contribution in [2.24, 2.45) is 5.92 Å². The number of hydrogen-bond acceptors (Lipinski definition) is 5. The predicted molar refractivity (Wildman–Crippen MR) is 153 cm³/mol. The first-order valence-electron chi connectivity index (χ1n) is 13.8. The van der Waals surface area contributed by atoms with Gasteiger partial charge in [-0.05, 0) is 61.9 Å². The minimum Gasteiger partial charge on any atom is -0.349 e. The molecule has 2 aliphatic rings. The molecule has 0 radical (unpaired) electrons. The number of carbonyl (C=O) groups is 2. The average molecular weight is 596 g/mol. The molecule has 1 aliphatic carbocycles. The van der Waals surface area contributed by atoms with Gasteiger partial charge in [-0.25, -0.2) is 27.9 Å². The van der Waals surface area contributed by atoms with Crippen molar-refractivity contribution in [2.75, 3.05) is 18.0 Å². The van der Waals surface area contributed by atoms with Gasteiger partial charge in [-0.1, -0.05) is 29.8 Å². The van der Waals surface area contributed by atoms with E-state index >= 15 is 0 Å². The number of nitrogens with one attached hydrogen (secondary N) is 2. The van der Waals surface area contributed by atoms with Gasteiger partial charge in [-0.15, -0.1) is 0 Å². The van der Waals surface area contributed by atoms with Crippen LogP contribution in [0.3, 0.4) is 0 Å². The van der Waals surface area contributed by atoms with E-state index in [4.69, 9.17) is 11.6 Å². The minimum atomic E-state index is -2.89. The van der Waals surface area contributed by atoms with E-state index in [0.717, 1.165) is 24.6 Å². The van der Waals surface area contributed by atoms with Gasteiger partial charge in [0.25, 0.3) is 12.3 Å². The van der Waals surface area contributed by atoms with Crippen LogP contribution in [0.15, 0.2) is 59.5 Å². The third-order valence-electron chi connectivity index (χ3n) is 7.88. The molecular weight excluding hydrogens is 568 g/mol. The fourth-order valence-corrected chi connectivity index (χ4v) is 5.96. The van der Waals surface area contributed by atoms with Gasteiger partial charge in [-0.3, -0.25) is 19.2 Å². The number of hydrogen-bond donors (Lipinski definition) is 2. The molecule has 1 aromatic carbocycles. The van der Waals surface area contributed by atoms with Crippen molar-refractivity contribution in [3.8, 4) is 5.82 Å². The fraction of sp³-hybridized carbons (Fsp3) is 0.345. The standard InChI is InChI=1S/C29H28ClF2N7O3/c30-18-14-20(25(26(31)32)34-15-18)27(40)35-19-10-8-17(9-11-19)16-38-21-4-1-2-5-22(21)39(29(38)42)24-7-3-6-23(36-24)37-13-12-33-28(37)41/h1-7,14-15,17,19,26H,8-13,16H2,(H,33,41)(H,35,40)/t17-,19-. The summed E-state index contributed by atoms with van der Waals surface area (Å²) < 4.78 is 30.1. The molecule has 4 aromatic rings. The van der Waals surface area contributed by atoms with Crippen molar-refractivity contribution in [1.29, 1.82) is 0 Å². The van der Waals surface area contributed by atoms with Crippen LogP contribution in [0.1, 0.15) is 48.2 Å². The van der Waals surface area contributed by atoms with Crippen molar-refractivity contribution in [2.45, 2.75) is 44.7 Å². The van der Waals surface area contributed by atoms with E-state index in [2.05, 4.69) is 20.6 Å². The van der Waals surface area contributed by atoms with Crippen LogP contribution in [0.5, 0.6) is 0 Å². The third kappa shape index (κ3) is 5.34. The first-order chi connectivity index (χ1) is 20.3. The molecule has 2 fully saturated rings. The maximum absolute atomic E-state index is 13.8. The monoisotopic (exact) mass is 595 g/mol. The Hall–Kier alpha value is -4.32. The Morgan fingerprint density at radius 3 is 2.50 bits per heavy atom. The highest BCUT2D eigenvalue weighted by Crippen LogP contribution is 2.29. The molecule has 42 heavy (non-hydrogen) atoms. The second-order valence-electron chi connectivity index (χ2n) is 10.5. The van der Waals surface area contributed by atoms with Gasteiger partial charge in [-0.2, -0.15) is 0 Å². The molecule has 218 valence electrons. The third-order valence-corrected chi connectivity index (χ3v) is 8.08. The van der Waals surface area contributed by atoms with Gasteiger partial charge in [0, 0.05) is 31.9 Å². The molecule has 0 unspecified atom stereocenters. The van der Waals surface area contributed by atoms with Gasteiger partial charge in [0.15, 0.2) is 0 Å². The summed E-state index contributed by atoms with van der Waals surface area (Å²) in [4.78, 5) is 48.6. The number of pyridine rings is 2. The van der Waals surface area contributed by atoms with Crippen LogP contribution in [-0.4, -0.2) is 50.2 Å². The predicted octanol–water partition coefficient (Wildman–Crippen LogP) is 4.69. The Kier molecular flexibility index (Phi) is 7.63. The summed E-state index contributed by atoms with van der Waals surface area (Å²) in [6.45, 7) is 1.51. The first kappa shape index (κ1) is 27.8. The number of alkyl halides is 2. The highest BCUT2D eigenvalue weighted by molar-refractivity contribution is 6.30. The van der Waals surface area contributed by atoms with Crippen LogP contribution in [0.25, 0.3) is 16.9 Å². The number of urea groups is 1. The molecule has 13 heteroatoms. The van der Waals surface area contributed by atoms with Crippen LogP contribution in [0, 0.1) is 5.92 Å². The second-order valence-corrected chi connectivity index (χ2v) is 11.0. The lowest BCUT2D eigenvalue weighted by Gasteiger charge is -2.29.